The first-order chi connectivity index (χ1) is 10.8. The summed E-state index contributed by atoms with van der Waals surface area (Å²) in [5, 5.41) is 9.97. The van der Waals surface area contributed by atoms with Gasteiger partial charge in [0, 0.05) is 0 Å². The van der Waals surface area contributed by atoms with E-state index in [9.17, 15) is 5.11 Å². The van der Waals surface area contributed by atoms with Gasteiger partial charge >= 0.3 is 0 Å². The summed E-state index contributed by atoms with van der Waals surface area (Å²) in [6.07, 6.45) is 17.6. The fourth-order valence-electron chi connectivity index (χ4n) is 3.08. The summed E-state index contributed by atoms with van der Waals surface area (Å²) >= 11 is 0. The molecule has 0 radical (unpaired) electrons. The van der Waals surface area contributed by atoms with Gasteiger partial charge in [-0.2, -0.15) is 0 Å². The average molecular weight is 305 g/mol. The standard InChI is InChI=1S/C21H36O/c1-3-4-5-6-7-8-9-10-11-12-13-14-17-20-18-15-16-19(2)21(20)22/h15-16,18,22H,3-14,17H2,1-2H3. The number of phenols is 1. The van der Waals surface area contributed by atoms with Crippen molar-refractivity contribution in [3.05, 3.63) is 29.3 Å². The zero-order chi connectivity index (χ0) is 16.0. The van der Waals surface area contributed by atoms with Crippen LogP contribution in [-0.4, -0.2) is 5.11 Å². The van der Waals surface area contributed by atoms with E-state index < -0.39 is 0 Å². The van der Waals surface area contributed by atoms with E-state index >= 15 is 0 Å². The Balaban J connectivity index is 1.90. The largest absolute Gasteiger partial charge is 0.507 e. The highest BCUT2D eigenvalue weighted by Gasteiger charge is 2.02. The van der Waals surface area contributed by atoms with Crippen molar-refractivity contribution in [3.8, 4) is 5.75 Å². The second-order valence-corrected chi connectivity index (χ2v) is 6.72. The third kappa shape index (κ3) is 8.46. The molecule has 0 fully saturated rings. The normalized spacial score (nSPS) is 11.0. The quantitative estimate of drug-likeness (QED) is 0.391. The molecule has 0 saturated carbocycles. The first-order valence-electron chi connectivity index (χ1n) is 9.53. The number of phenolic OH excluding ortho intramolecular Hbond substituents is 1. The average Bonchev–Trinajstić information content (AvgIpc) is 2.52. The molecular formula is C21H36O. The Morgan fingerprint density at radius 3 is 1.77 bits per heavy atom. The predicted octanol–water partition coefficient (Wildman–Crippen LogP) is 6.94. The van der Waals surface area contributed by atoms with Gasteiger partial charge in [-0.25, -0.2) is 0 Å². The molecule has 0 amide bonds. The minimum absolute atomic E-state index is 0.505. The molecule has 0 aromatic heterocycles. The lowest BCUT2D eigenvalue weighted by atomic mass is 10.0. The summed E-state index contributed by atoms with van der Waals surface area (Å²) in [5.74, 6) is 0.505. The van der Waals surface area contributed by atoms with Gasteiger partial charge < -0.3 is 5.11 Å². The Labute approximate surface area is 138 Å². The first-order valence-corrected chi connectivity index (χ1v) is 9.53. The van der Waals surface area contributed by atoms with Gasteiger partial charge in [0.15, 0.2) is 0 Å². The second kappa shape index (κ2) is 12.6. The van der Waals surface area contributed by atoms with Crippen LogP contribution in [0.2, 0.25) is 0 Å². The summed E-state index contributed by atoms with van der Waals surface area (Å²) in [7, 11) is 0. The highest BCUT2D eigenvalue weighted by atomic mass is 16.3. The summed E-state index contributed by atoms with van der Waals surface area (Å²) < 4.78 is 0. The van der Waals surface area contributed by atoms with Crippen LogP contribution < -0.4 is 0 Å². The van der Waals surface area contributed by atoms with Gasteiger partial charge in [0.2, 0.25) is 0 Å². The molecule has 0 aliphatic heterocycles. The van der Waals surface area contributed by atoms with Crippen LogP contribution in [0.25, 0.3) is 0 Å². The molecule has 0 saturated heterocycles. The molecule has 0 spiro atoms. The molecule has 0 aliphatic rings. The molecule has 1 aromatic rings. The summed E-state index contributed by atoms with van der Waals surface area (Å²) in [5.41, 5.74) is 2.11. The Bertz CT molecular complexity index is 383. The Morgan fingerprint density at radius 2 is 1.23 bits per heavy atom. The van der Waals surface area contributed by atoms with E-state index in [4.69, 9.17) is 0 Å². The van der Waals surface area contributed by atoms with E-state index in [0.29, 0.717) is 5.75 Å². The van der Waals surface area contributed by atoms with Crippen molar-refractivity contribution < 1.29 is 5.11 Å². The van der Waals surface area contributed by atoms with Gasteiger partial charge in [-0.15, -0.1) is 0 Å². The van der Waals surface area contributed by atoms with E-state index in [1.165, 1.54) is 77.0 Å². The van der Waals surface area contributed by atoms with E-state index in [0.717, 1.165) is 17.5 Å². The number of aryl methyl sites for hydroxylation is 2. The fraction of sp³-hybridized carbons (Fsp3) is 0.714. The van der Waals surface area contributed by atoms with Crippen LogP contribution in [-0.2, 0) is 6.42 Å². The monoisotopic (exact) mass is 304 g/mol. The molecule has 0 heterocycles. The molecule has 0 bridgehead atoms. The van der Waals surface area contributed by atoms with Gasteiger partial charge in [-0.05, 0) is 30.9 Å². The zero-order valence-electron chi connectivity index (χ0n) is 14.9. The molecule has 1 nitrogen and oxygen atoms in total. The molecule has 0 atom stereocenters. The topological polar surface area (TPSA) is 20.2 Å². The minimum Gasteiger partial charge on any atom is -0.507 e. The zero-order valence-corrected chi connectivity index (χ0v) is 14.9. The molecule has 0 unspecified atom stereocenters. The van der Waals surface area contributed by atoms with Crippen LogP contribution in [0.4, 0.5) is 0 Å². The van der Waals surface area contributed by atoms with Crippen molar-refractivity contribution >= 4 is 0 Å². The van der Waals surface area contributed by atoms with Crippen LogP contribution in [0.15, 0.2) is 18.2 Å². The van der Waals surface area contributed by atoms with Gasteiger partial charge in [0.1, 0.15) is 5.75 Å². The Kier molecular flexibility index (Phi) is 10.9. The molecular weight excluding hydrogens is 268 g/mol. The highest BCUT2D eigenvalue weighted by molar-refractivity contribution is 5.39. The number of unbranched alkanes of at least 4 members (excludes halogenated alkanes) is 11. The lowest BCUT2D eigenvalue weighted by Gasteiger charge is -2.07. The van der Waals surface area contributed by atoms with Crippen molar-refractivity contribution in [2.75, 3.05) is 0 Å². The molecule has 1 rings (SSSR count). The van der Waals surface area contributed by atoms with Crippen molar-refractivity contribution in [1.82, 2.24) is 0 Å². The number of hydrogen-bond donors (Lipinski definition) is 1. The maximum atomic E-state index is 9.97. The summed E-state index contributed by atoms with van der Waals surface area (Å²) in [4.78, 5) is 0. The van der Waals surface area contributed by atoms with E-state index in [1.807, 2.05) is 19.1 Å². The Hall–Kier alpha value is -0.980. The predicted molar refractivity (Wildman–Crippen MR) is 97.6 cm³/mol. The highest BCUT2D eigenvalue weighted by Crippen LogP contribution is 2.23. The van der Waals surface area contributed by atoms with Gasteiger partial charge in [-0.3, -0.25) is 0 Å². The van der Waals surface area contributed by atoms with E-state index in [2.05, 4.69) is 13.0 Å². The molecule has 0 aliphatic carbocycles. The Morgan fingerprint density at radius 1 is 0.727 bits per heavy atom. The number of benzene rings is 1. The summed E-state index contributed by atoms with van der Waals surface area (Å²) in [6.45, 7) is 4.25. The fourth-order valence-corrected chi connectivity index (χ4v) is 3.08. The lowest BCUT2D eigenvalue weighted by Crippen LogP contribution is -1.89. The molecule has 22 heavy (non-hydrogen) atoms. The second-order valence-electron chi connectivity index (χ2n) is 6.72. The third-order valence-electron chi connectivity index (χ3n) is 4.62. The van der Waals surface area contributed by atoms with Crippen molar-refractivity contribution in [3.63, 3.8) is 0 Å². The van der Waals surface area contributed by atoms with Crippen LogP contribution in [0.1, 0.15) is 95.1 Å². The SMILES string of the molecule is CCCCCCCCCCCCCCc1cccc(C)c1O. The van der Waals surface area contributed by atoms with Crippen molar-refractivity contribution in [2.24, 2.45) is 0 Å². The smallest absolute Gasteiger partial charge is 0.121 e. The van der Waals surface area contributed by atoms with Gasteiger partial charge in [0.25, 0.3) is 0 Å². The van der Waals surface area contributed by atoms with Crippen LogP contribution >= 0.6 is 0 Å². The summed E-state index contributed by atoms with van der Waals surface area (Å²) in [6, 6.07) is 6.08. The van der Waals surface area contributed by atoms with E-state index in [-0.39, 0.29) is 0 Å². The van der Waals surface area contributed by atoms with E-state index in [1.54, 1.807) is 0 Å². The molecule has 126 valence electrons. The van der Waals surface area contributed by atoms with Gasteiger partial charge in [-0.1, -0.05) is 95.8 Å². The number of rotatable bonds is 13. The minimum atomic E-state index is 0.505. The van der Waals surface area contributed by atoms with Crippen molar-refractivity contribution in [2.45, 2.75) is 97.3 Å². The van der Waals surface area contributed by atoms with Crippen LogP contribution in [0.5, 0.6) is 5.75 Å². The van der Waals surface area contributed by atoms with Crippen molar-refractivity contribution in [1.29, 1.82) is 0 Å². The number of hydrogen-bond acceptors (Lipinski definition) is 1. The van der Waals surface area contributed by atoms with Crippen LogP contribution in [0, 0.1) is 6.92 Å². The van der Waals surface area contributed by atoms with Gasteiger partial charge in [0.05, 0.1) is 0 Å². The first kappa shape index (κ1) is 19.1. The molecule has 1 aromatic carbocycles. The lowest BCUT2D eigenvalue weighted by molar-refractivity contribution is 0.461. The number of aromatic hydroxyl groups is 1. The van der Waals surface area contributed by atoms with Crippen LogP contribution in [0.3, 0.4) is 0 Å². The maximum absolute atomic E-state index is 9.97. The molecule has 1 heteroatoms. The third-order valence-corrected chi connectivity index (χ3v) is 4.62. The molecule has 1 N–H and O–H groups in total. The number of para-hydroxylation sites is 1. The maximum Gasteiger partial charge on any atom is 0.121 e.